The van der Waals surface area contributed by atoms with Crippen LogP contribution in [0.5, 0.6) is 0 Å². The van der Waals surface area contributed by atoms with Crippen molar-refractivity contribution < 1.29 is 9.94 Å². The van der Waals surface area contributed by atoms with Crippen molar-refractivity contribution in [2.45, 2.75) is 13.3 Å². The molecule has 0 aromatic heterocycles. The van der Waals surface area contributed by atoms with Crippen LogP contribution in [0.25, 0.3) is 0 Å². The zero-order chi connectivity index (χ0) is 6.74. The summed E-state index contributed by atoms with van der Waals surface area (Å²) in [6, 6.07) is 0. The second-order valence-electron chi connectivity index (χ2n) is 2.68. The highest BCUT2D eigenvalue weighted by Crippen LogP contribution is 2.29. The lowest BCUT2D eigenvalue weighted by molar-refractivity contribution is -0.124. The molecular formula is C6H13NO2. The van der Waals surface area contributed by atoms with Gasteiger partial charge in [-0.2, -0.15) is 0 Å². The minimum Gasteiger partial charge on any atom is -0.380 e. The molecule has 1 heterocycles. The van der Waals surface area contributed by atoms with Crippen LogP contribution in [0.3, 0.4) is 0 Å². The average molecular weight is 131 g/mol. The molecule has 1 aliphatic rings. The fourth-order valence-corrected chi connectivity index (χ4v) is 0.990. The molecule has 1 aliphatic heterocycles. The minimum absolute atomic E-state index is 0.231. The first-order valence-corrected chi connectivity index (χ1v) is 3.28. The van der Waals surface area contributed by atoms with Gasteiger partial charge in [-0.05, 0) is 6.42 Å². The molecule has 2 N–H and O–H groups in total. The van der Waals surface area contributed by atoms with E-state index in [0.717, 1.165) is 19.6 Å². The monoisotopic (exact) mass is 131 g/mol. The molecule has 1 saturated heterocycles. The predicted molar refractivity (Wildman–Crippen MR) is 33.3 cm³/mol. The lowest BCUT2D eigenvalue weighted by atomic mass is 9.83. The first-order chi connectivity index (χ1) is 4.33. The third-order valence-corrected chi connectivity index (χ3v) is 2.02. The predicted octanol–water partition coefficient (Wildman–Crippen LogP) is 0.392. The molecule has 0 aromatic carbocycles. The smallest absolute Gasteiger partial charge is 0.0557 e. The first-order valence-electron chi connectivity index (χ1n) is 3.28. The fraction of sp³-hybridized carbons (Fsp3) is 1.00. The fourth-order valence-electron chi connectivity index (χ4n) is 0.990. The number of hydroxylamine groups is 1. The Labute approximate surface area is 55.0 Å². The van der Waals surface area contributed by atoms with Crippen molar-refractivity contribution in [3.8, 4) is 0 Å². The van der Waals surface area contributed by atoms with Crippen molar-refractivity contribution >= 4 is 0 Å². The molecule has 1 fully saturated rings. The molecule has 0 aliphatic carbocycles. The van der Waals surface area contributed by atoms with Gasteiger partial charge in [0.15, 0.2) is 0 Å². The van der Waals surface area contributed by atoms with E-state index in [9.17, 15) is 0 Å². The largest absolute Gasteiger partial charge is 0.380 e. The van der Waals surface area contributed by atoms with Crippen LogP contribution in [-0.2, 0) is 4.74 Å². The van der Waals surface area contributed by atoms with E-state index in [1.807, 2.05) is 0 Å². The molecule has 0 atom stereocenters. The Kier molecular flexibility index (Phi) is 2.05. The van der Waals surface area contributed by atoms with E-state index in [1.54, 1.807) is 0 Å². The Bertz CT molecular complexity index is 85.5. The van der Waals surface area contributed by atoms with Gasteiger partial charge in [0.1, 0.15) is 0 Å². The molecule has 54 valence electrons. The highest BCUT2D eigenvalue weighted by atomic mass is 16.5. The van der Waals surface area contributed by atoms with Gasteiger partial charge < -0.3 is 9.94 Å². The average Bonchev–Trinajstić information content (AvgIpc) is 1.79. The van der Waals surface area contributed by atoms with E-state index >= 15 is 0 Å². The van der Waals surface area contributed by atoms with Crippen molar-refractivity contribution in [3.05, 3.63) is 0 Å². The summed E-state index contributed by atoms with van der Waals surface area (Å²) in [6.45, 7) is 4.34. The van der Waals surface area contributed by atoms with Gasteiger partial charge in [0.2, 0.25) is 0 Å². The molecule has 0 aromatic rings. The molecule has 1 rings (SSSR count). The van der Waals surface area contributed by atoms with Crippen molar-refractivity contribution in [2.75, 3.05) is 19.8 Å². The van der Waals surface area contributed by atoms with E-state index in [0.29, 0.717) is 6.54 Å². The van der Waals surface area contributed by atoms with Crippen LogP contribution in [-0.4, -0.2) is 25.0 Å². The highest BCUT2D eigenvalue weighted by molar-refractivity contribution is 4.84. The SMILES string of the molecule is CCC1(CNO)COC1. The quantitative estimate of drug-likeness (QED) is 0.544. The molecule has 0 amide bonds. The summed E-state index contributed by atoms with van der Waals surface area (Å²) in [5, 5.41) is 8.39. The van der Waals surface area contributed by atoms with Crippen LogP contribution in [0, 0.1) is 5.41 Å². The molecule has 0 unspecified atom stereocenters. The summed E-state index contributed by atoms with van der Waals surface area (Å²) in [6.07, 6.45) is 1.07. The third-order valence-electron chi connectivity index (χ3n) is 2.02. The summed E-state index contributed by atoms with van der Waals surface area (Å²) in [5.74, 6) is 0. The van der Waals surface area contributed by atoms with E-state index < -0.39 is 0 Å². The highest BCUT2D eigenvalue weighted by Gasteiger charge is 2.36. The van der Waals surface area contributed by atoms with Crippen LogP contribution in [0.15, 0.2) is 0 Å². The van der Waals surface area contributed by atoms with Gasteiger partial charge >= 0.3 is 0 Å². The molecule has 3 heteroatoms. The Morgan fingerprint density at radius 1 is 1.67 bits per heavy atom. The zero-order valence-electron chi connectivity index (χ0n) is 5.68. The lowest BCUT2D eigenvalue weighted by Crippen LogP contribution is -2.48. The maximum absolute atomic E-state index is 8.39. The van der Waals surface area contributed by atoms with Crippen LogP contribution in [0.1, 0.15) is 13.3 Å². The first kappa shape index (κ1) is 6.99. The summed E-state index contributed by atoms with van der Waals surface area (Å²) in [4.78, 5) is 0. The van der Waals surface area contributed by atoms with E-state index in [4.69, 9.17) is 9.94 Å². The van der Waals surface area contributed by atoms with Crippen LogP contribution in [0.4, 0.5) is 0 Å². The summed E-state index contributed by atoms with van der Waals surface area (Å²) in [5.41, 5.74) is 2.41. The molecule has 0 spiro atoms. The van der Waals surface area contributed by atoms with Crippen LogP contribution >= 0.6 is 0 Å². The van der Waals surface area contributed by atoms with Crippen LogP contribution < -0.4 is 5.48 Å². The number of rotatable bonds is 3. The second kappa shape index (κ2) is 2.64. The topological polar surface area (TPSA) is 41.5 Å². The molecule has 9 heavy (non-hydrogen) atoms. The zero-order valence-corrected chi connectivity index (χ0v) is 5.68. The van der Waals surface area contributed by atoms with E-state index in [1.165, 1.54) is 0 Å². The number of hydrogen-bond donors (Lipinski definition) is 2. The summed E-state index contributed by atoms with van der Waals surface area (Å²) >= 11 is 0. The molecule has 3 nitrogen and oxygen atoms in total. The third kappa shape index (κ3) is 1.23. The van der Waals surface area contributed by atoms with E-state index in [-0.39, 0.29) is 5.41 Å². The van der Waals surface area contributed by atoms with Crippen molar-refractivity contribution in [1.82, 2.24) is 5.48 Å². The standard InChI is InChI=1S/C6H13NO2/c1-2-6(3-7-8)4-9-5-6/h7-8H,2-5H2,1H3. The number of ether oxygens (including phenoxy) is 1. The second-order valence-corrected chi connectivity index (χ2v) is 2.68. The van der Waals surface area contributed by atoms with Crippen LogP contribution in [0.2, 0.25) is 0 Å². The Morgan fingerprint density at radius 2 is 2.33 bits per heavy atom. The maximum atomic E-state index is 8.39. The van der Waals surface area contributed by atoms with Crippen molar-refractivity contribution in [1.29, 1.82) is 0 Å². The van der Waals surface area contributed by atoms with Gasteiger partial charge in [-0.15, -0.1) is 0 Å². The Hall–Kier alpha value is -0.120. The summed E-state index contributed by atoms with van der Waals surface area (Å²) in [7, 11) is 0. The lowest BCUT2D eigenvalue weighted by Gasteiger charge is -2.40. The van der Waals surface area contributed by atoms with Crippen molar-refractivity contribution in [3.63, 3.8) is 0 Å². The Morgan fingerprint density at radius 3 is 2.44 bits per heavy atom. The van der Waals surface area contributed by atoms with Gasteiger partial charge in [0.25, 0.3) is 0 Å². The Balaban J connectivity index is 2.28. The molecular weight excluding hydrogens is 118 g/mol. The molecule has 0 radical (unpaired) electrons. The van der Waals surface area contributed by atoms with Gasteiger partial charge in [-0.3, -0.25) is 0 Å². The van der Waals surface area contributed by atoms with Gasteiger partial charge in [0, 0.05) is 12.0 Å². The van der Waals surface area contributed by atoms with Gasteiger partial charge in [-0.1, -0.05) is 6.92 Å². The molecule has 0 bridgehead atoms. The van der Waals surface area contributed by atoms with Gasteiger partial charge in [0.05, 0.1) is 13.2 Å². The molecule has 0 saturated carbocycles. The normalized spacial score (nSPS) is 23.3. The van der Waals surface area contributed by atoms with Crippen molar-refractivity contribution in [2.24, 2.45) is 5.41 Å². The van der Waals surface area contributed by atoms with E-state index in [2.05, 4.69) is 12.4 Å². The number of hydrogen-bond acceptors (Lipinski definition) is 3. The van der Waals surface area contributed by atoms with Gasteiger partial charge in [-0.25, -0.2) is 5.48 Å². The minimum atomic E-state index is 0.231. The number of nitrogens with one attached hydrogen (secondary N) is 1. The summed E-state index contributed by atoms with van der Waals surface area (Å²) < 4.78 is 5.03. The maximum Gasteiger partial charge on any atom is 0.0557 e.